The molecule has 4 rings (SSSR count). The van der Waals surface area contributed by atoms with Crippen molar-refractivity contribution in [3.05, 3.63) is 35.4 Å². The van der Waals surface area contributed by atoms with Crippen molar-refractivity contribution in [2.24, 2.45) is 0 Å². The van der Waals surface area contributed by atoms with Crippen molar-refractivity contribution in [2.75, 3.05) is 11.9 Å². The van der Waals surface area contributed by atoms with E-state index < -0.39 is 11.8 Å². The summed E-state index contributed by atoms with van der Waals surface area (Å²) in [4.78, 5) is 45.4. The molecule has 0 aromatic carbocycles. The summed E-state index contributed by atoms with van der Waals surface area (Å²) in [6.07, 6.45) is 3.59. The van der Waals surface area contributed by atoms with Gasteiger partial charge in [-0.25, -0.2) is 0 Å². The highest BCUT2D eigenvalue weighted by atomic mass is 16.2. The van der Waals surface area contributed by atoms with E-state index in [2.05, 4.69) is 25.5 Å². The number of hydrogen-bond acceptors (Lipinski definition) is 6. The van der Waals surface area contributed by atoms with Crippen LogP contribution in [-0.2, 0) is 4.79 Å². The third kappa shape index (κ3) is 2.53. The molecule has 3 heterocycles. The monoisotopic (exact) mass is 326 g/mol. The second-order valence-electron chi connectivity index (χ2n) is 5.78. The first-order valence-electron chi connectivity index (χ1n) is 7.67. The highest BCUT2D eigenvalue weighted by Gasteiger charge is 2.36. The number of carbonyl (C=O) groups is 3. The predicted molar refractivity (Wildman–Crippen MR) is 81.2 cm³/mol. The number of nitrogens with one attached hydrogen (secondary N) is 2. The fraction of sp³-hybridized carbons (Fsp3) is 0.333. The molecule has 2 aromatic rings. The minimum absolute atomic E-state index is 0.0141. The second kappa shape index (κ2) is 5.52. The third-order valence-electron chi connectivity index (χ3n) is 4.01. The van der Waals surface area contributed by atoms with Gasteiger partial charge >= 0.3 is 0 Å². The lowest BCUT2D eigenvalue weighted by Crippen LogP contribution is -2.33. The molecule has 3 amide bonds. The molecule has 0 atom stereocenters. The van der Waals surface area contributed by atoms with Crippen LogP contribution in [0.4, 0.5) is 5.95 Å². The second-order valence-corrected chi connectivity index (χ2v) is 5.78. The molecule has 0 spiro atoms. The van der Waals surface area contributed by atoms with E-state index in [1.54, 1.807) is 12.1 Å². The first kappa shape index (κ1) is 14.5. The van der Waals surface area contributed by atoms with Gasteiger partial charge in [0, 0.05) is 25.1 Å². The van der Waals surface area contributed by atoms with Gasteiger partial charge in [0.05, 0.1) is 5.56 Å². The van der Waals surface area contributed by atoms with Crippen LogP contribution in [0.5, 0.6) is 0 Å². The standard InChI is InChI=1S/C15H14N6O3/c22-10(17-15-18-12(19-20-15)8-3-4-8)5-7-21-13(23)9-2-1-6-16-11(9)14(21)24/h1-2,6,8H,3-5,7H2,(H2,17,18,19,20,22). The number of amides is 3. The molecule has 122 valence electrons. The van der Waals surface area contributed by atoms with E-state index in [4.69, 9.17) is 0 Å². The maximum absolute atomic E-state index is 12.2. The summed E-state index contributed by atoms with van der Waals surface area (Å²) >= 11 is 0. The Morgan fingerprint density at radius 2 is 2.17 bits per heavy atom. The normalized spacial score (nSPS) is 16.4. The number of anilines is 1. The molecule has 0 saturated heterocycles. The van der Waals surface area contributed by atoms with Crippen LogP contribution in [0, 0.1) is 0 Å². The quantitative estimate of drug-likeness (QED) is 0.780. The highest BCUT2D eigenvalue weighted by Crippen LogP contribution is 2.38. The van der Waals surface area contributed by atoms with Crippen LogP contribution in [0.1, 0.15) is 51.9 Å². The van der Waals surface area contributed by atoms with Crippen molar-refractivity contribution >= 4 is 23.7 Å². The van der Waals surface area contributed by atoms with Gasteiger partial charge in [0.15, 0.2) is 0 Å². The average molecular weight is 326 g/mol. The average Bonchev–Trinajstić information content (AvgIpc) is 3.29. The molecule has 0 unspecified atom stereocenters. The Hall–Kier alpha value is -3.10. The molecule has 2 aliphatic rings. The summed E-state index contributed by atoms with van der Waals surface area (Å²) < 4.78 is 0. The lowest BCUT2D eigenvalue weighted by molar-refractivity contribution is -0.116. The summed E-state index contributed by atoms with van der Waals surface area (Å²) in [5, 5.41) is 9.29. The molecule has 9 nitrogen and oxygen atoms in total. The van der Waals surface area contributed by atoms with Crippen molar-refractivity contribution in [2.45, 2.75) is 25.2 Å². The number of rotatable bonds is 5. The number of aromatic nitrogens is 4. The van der Waals surface area contributed by atoms with Crippen LogP contribution in [0.2, 0.25) is 0 Å². The molecule has 0 bridgehead atoms. The van der Waals surface area contributed by atoms with Gasteiger partial charge in [-0.05, 0) is 25.0 Å². The van der Waals surface area contributed by atoms with Gasteiger partial charge in [0.2, 0.25) is 11.9 Å². The Morgan fingerprint density at radius 1 is 1.33 bits per heavy atom. The largest absolute Gasteiger partial charge is 0.293 e. The third-order valence-corrected chi connectivity index (χ3v) is 4.01. The van der Waals surface area contributed by atoms with E-state index in [-0.39, 0.29) is 36.1 Å². The molecule has 24 heavy (non-hydrogen) atoms. The molecule has 1 fully saturated rings. The molecule has 0 radical (unpaired) electrons. The first-order chi connectivity index (χ1) is 11.6. The number of nitrogens with zero attached hydrogens (tertiary/aromatic N) is 4. The Morgan fingerprint density at radius 3 is 2.92 bits per heavy atom. The zero-order valence-electron chi connectivity index (χ0n) is 12.7. The fourth-order valence-corrected chi connectivity index (χ4v) is 2.59. The van der Waals surface area contributed by atoms with Crippen LogP contribution in [0.25, 0.3) is 0 Å². The zero-order chi connectivity index (χ0) is 16.7. The number of pyridine rings is 1. The van der Waals surface area contributed by atoms with E-state index in [0.717, 1.165) is 23.6 Å². The van der Waals surface area contributed by atoms with Crippen LogP contribution in [0.3, 0.4) is 0 Å². The Labute approximate surface area is 136 Å². The molecule has 9 heteroatoms. The molecule has 2 aromatic heterocycles. The van der Waals surface area contributed by atoms with E-state index in [1.807, 2.05) is 0 Å². The van der Waals surface area contributed by atoms with Crippen LogP contribution in [-0.4, -0.2) is 49.3 Å². The summed E-state index contributed by atoms with van der Waals surface area (Å²) in [6.45, 7) is -0.0141. The lowest BCUT2D eigenvalue weighted by atomic mass is 10.2. The number of aromatic amines is 1. The zero-order valence-corrected chi connectivity index (χ0v) is 12.7. The van der Waals surface area contributed by atoms with E-state index >= 15 is 0 Å². The highest BCUT2D eigenvalue weighted by molar-refractivity contribution is 6.20. The van der Waals surface area contributed by atoms with Gasteiger partial charge in [-0.1, -0.05) is 0 Å². The van der Waals surface area contributed by atoms with E-state index in [9.17, 15) is 14.4 Å². The maximum atomic E-state index is 12.2. The van der Waals surface area contributed by atoms with Crippen molar-refractivity contribution in [1.82, 2.24) is 25.1 Å². The summed E-state index contributed by atoms with van der Waals surface area (Å²) in [5.41, 5.74) is 0.400. The molecule has 1 aliphatic carbocycles. The fourth-order valence-electron chi connectivity index (χ4n) is 2.59. The summed E-state index contributed by atoms with van der Waals surface area (Å²) in [6, 6.07) is 3.15. The molecular formula is C15H14N6O3. The topological polar surface area (TPSA) is 121 Å². The smallest absolute Gasteiger partial charge is 0.280 e. The van der Waals surface area contributed by atoms with Crippen molar-refractivity contribution < 1.29 is 14.4 Å². The first-order valence-corrected chi connectivity index (χ1v) is 7.67. The van der Waals surface area contributed by atoms with Crippen molar-refractivity contribution in [3.8, 4) is 0 Å². The Bertz CT molecular complexity index is 806. The number of hydrogen-bond donors (Lipinski definition) is 2. The minimum atomic E-state index is -0.475. The van der Waals surface area contributed by atoms with Gasteiger partial charge in [-0.15, -0.1) is 5.10 Å². The summed E-state index contributed by atoms with van der Waals surface area (Å²) in [7, 11) is 0. The number of imide groups is 1. The molecule has 1 saturated carbocycles. The van der Waals surface area contributed by atoms with Crippen molar-refractivity contribution in [1.29, 1.82) is 0 Å². The maximum Gasteiger partial charge on any atom is 0.280 e. The van der Waals surface area contributed by atoms with Crippen LogP contribution < -0.4 is 5.32 Å². The predicted octanol–water partition coefficient (Wildman–Crippen LogP) is 0.702. The SMILES string of the molecule is O=C(CCN1C(=O)c2cccnc2C1=O)Nc1n[nH]c(C2CC2)n1. The van der Waals surface area contributed by atoms with E-state index in [1.165, 1.54) is 6.20 Å². The molecule has 1 aliphatic heterocycles. The minimum Gasteiger partial charge on any atom is -0.293 e. The number of H-pyrrole nitrogens is 1. The van der Waals surface area contributed by atoms with Crippen LogP contribution in [0.15, 0.2) is 18.3 Å². The van der Waals surface area contributed by atoms with Gasteiger partial charge < -0.3 is 0 Å². The molecular weight excluding hydrogens is 312 g/mol. The van der Waals surface area contributed by atoms with E-state index in [0.29, 0.717) is 5.92 Å². The van der Waals surface area contributed by atoms with Gasteiger partial charge in [-0.3, -0.25) is 34.7 Å². The Kier molecular flexibility index (Phi) is 3.33. The number of carbonyl (C=O) groups excluding carboxylic acids is 3. The van der Waals surface area contributed by atoms with Gasteiger partial charge in [0.1, 0.15) is 11.5 Å². The van der Waals surface area contributed by atoms with Gasteiger partial charge in [-0.2, -0.15) is 4.98 Å². The van der Waals surface area contributed by atoms with Gasteiger partial charge in [0.25, 0.3) is 11.8 Å². The lowest BCUT2D eigenvalue weighted by Gasteiger charge is -2.12. The summed E-state index contributed by atoms with van der Waals surface area (Å²) in [5.74, 6) is 0.139. The number of fused-ring (bicyclic) bond motifs is 1. The van der Waals surface area contributed by atoms with Crippen molar-refractivity contribution in [3.63, 3.8) is 0 Å². The Balaban J connectivity index is 1.35. The van der Waals surface area contributed by atoms with Crippen LogP contribution >= 0.6 is 0 Å². The molecule has 2 N–H and O–H groups in total.